The van der Waals surface area contributed by atoms with E-state index in [1.54, 1.807) is 0 Å². The molecule has 0 aliphatic carbocycles. The minimum absolute atomic E-state index is 0.183. The largest absolute Gasteiger partial charge is 0.491 e. The van der Waals surface area contributed by atoms with E-state index in [9.17, 15) is 0 Å². The summed E-state index contributed by atoms with van der Waals surface area (Å²) >= 11 is 0. The van der Waals surface area contributed by atoms with Gasteiger partial charge in [0.2, 0.25) is 5.89 Å². The lowest BCUT2D eigenvalue weighted by Gasteiger charge is -2.10. The summed E-state index contributed by atoms with van der Waals surface area (Å²) in [6.07, 6.45) is 2.24. The van der Waals surface area contributed by atoms with Gasteiger partial charge >= 0.3 is 0 Å². The van der Waals surface area contributed by atoms with Gasteiger partial charge in [-0.15, -0.1) is 0 Å². The van der Waals surface area contributed by atoms with Crippen molar-refractivity contribution >= 4 is 10.9 Å². The van der Waals surface area contributed by atoms with Crippen molar-refractivity contribution in [3.8, 4) is 5.75 Å². The zero-order valence-corrected chi connectivity index (χ0v) is 12.9. The molecule has 0 saturated carbocycles. The van der Waals surface area contributed by atoms with Crippen LogP contribution in [0.5, 0.6) is 5.75 Å². The minimum Gasteiger partial charge on any atom is -0.491 e. The maximum Gasteiger partial charge on any atom is 0.214 e. The predicted molar refractivity (Wildman–Crippen MR) is 82.8 cm³/mol. The van der Waals surface area contributed by atoms with Crippen molar-refractivity contribution in [3.63, 3.8) is 0 Å². The Hall–Kier alpha value is -2.23. The van der Waals surface area contributed by atoms with Crippen LogP contribution in [0, 0.1) is 13.8 Å². The van der Waals surface area contributed by atoms with E-state index < -0.39 is 0 Å². The van der Waals surface area contributed by atoms with Crippen molar-refractivity contribution < 1.29 is 9.15 Å². The van der Waals surface area contributed by atoms with Crippen LogP contribution in [0.15, 0.2) is 34.9 Å². The fourth-order valence-corrected chi connectivity index (χ4v) is 2.41. The zero-order valence-electron chi connectivity index (χ0n) is 12.9. The fraction of sp³-hybridized carbons (Fsp3) is 0.353. The first-order valence-electron chi connectivity index (χ1n) is 7.21. The highest BCUT2D eigenvalue weighted by Crippen LogP contribution is 2.23. The topological polar surface area (TPSA) is 40.2 Å². The van der Waals surface area contributed by atoms with E-state index in [0.29, 0.717) is 6.54 Å². The second-order valence-corrected chi connectivity index (χ2v) is 5.58. The van der Waals surface area contributed by atoms with Gasteiger partial charge in [0.25, 0.3) is 0 Å². The molecule has 0 atom stereocenters. The maximum absolute atomic E-state index is 5.73. The van der Waals surface area contributed by atoms with E-state index in [1.807, 2.05) is 33.8 Å². The fourth-order valence-electron chi connectivity index (χ4n) is 2.41. The molecule has 0 aliphatic heterocycles. The number of ether oxygens (including phenoxy) is 1. The maximum atomic E-state index is 5.73. The Balaban J connectivity index is 1.89. The third kappa shape index (κ3) is 2.79. The monoisotopic (exact) mass is 284 g/mol. The molecule has 0 aliphatic rings. The standard InChI is InChI=1S/C17H20N2O2/c1-11(2)20-15-5-6-16-14(9-15)7-8-19(16)10-17-18-12(3)13(4)21-17/h5-9,11H,10H2,1-4H3. The smallest absolute Gasteiger partial charge is 0.214 e. The van der Waals surface area contributed by atoms with Crippen LogP contribution in [0.4, 0.5) is 0 Å². The van der Waals surface area contributed by atoms with Gasteiger partial charge in [-0.2, -0.15) is 0 Å². The third-order valence-corrected chi connectivity index (χ3v) is 3.49. The average Bonchev–Trinajstić information content (AvgIpc) is 2.94. The van der Waals surface area contributed by atoms with Crippen LogP contribution in [-0.2, 0) is 6.54 Å². The van der Waals surface area contributed by atoms with Crippen molar-refractivity contribution in [1.29, 1.82) is 0 Å². The Morgan fingerprint density at radius 3 is 2.71 bits per heavy atom. The van der Waals surface area contributed by atoms with E-state index in [2.05, 4.69) is 33.9 Å². The quantitative estimate of drug-likeness (QED) is 0.724. The van der Waals surface area contributed by atoms with Crippen LogP contribution in [0.1, 0.15) is 31.2 Å². The second-order valence-electron chi connectivity index (χ2n) is 5.58. The van der Waals surface area contributed by atoms with Gasteiger partial charge in [0.1, 0.15) is 11.5 Å². The number of oxazole rings is 1. The molecule has 0 saturated heterocycles. The number of aryl methyl sites for hydroxylation is 2. The molecule has 1 aromatic carbocycles. The Morgan fingerprint density at radius 1 is 1.24 bits per heavy atom. The molecule has 0 spiro atoms. The molecule has 110 valence electrons. The van der Waals surface area contributed by atoms with Crippen LogP contribution in [0.2, 0.25) is 0 Å². The summed E-state index contributed by atoms with van der Waals surface area (Å²) in [5.74, 6) is 2.53. The van der Waals surface area contributed by atoms with Crippen molar-refractivity contribution in [3.05, 3.63) is 47.8 Å². The van der Waals surface area contributed by atoms with Gasteiger partial charge in [-0.25, -0.2) is 4.98 Å². The van der Waals surface area contributed by atoms with E-state index >= 15 is 0 Å². The molecule has 2 aromatic heterocycles. The highest BCUT2D eigenvalue weighted by atomic mass is 16.5. The van der Waals surface area contributed by atoms with Crippen LogP contribution in [0.3, 0.4) is 0 Å². The van der Waals surface area contributed by atoms with Crippen LogP contribution in [-0.4, -0.2) is 15.7 Å². The Labute approximate surface area is 124 Å². The van der Waals surface area contributed by atoms with E-state index in [4.69, 9.17) is 9.15 Å². The van der Waals surface area contributed by atoms with Crippen molar-refractivity contribution in [2.24, 2.45) is 0 Å². The van der Waals surface area contributed by atoms with Crippen LogP contribution < -0.4 is 4.74 Å². The molecule has 2 heterocycles. The number of nitrogens with zero attached hydrogens (tertiary/aromatic N) is 2. The molecule has 0 fully saturated rings. The first-order valence-corrected chi connectivity index (χ1v) is 7.21. The average molecular weight is 284 g/mol. The van der Waals surface area contributed by atoms with Gasteiger partial charge in [0, 0.05) is 17.1 Å². The van der Waals surface area contributed by atoms with Crippen molar-refractivity contribution in [1.82, 2.24) is 9.55 Å². The zero-order chi connectivity index (χ0) is 15.0. The van der Waals surface area contributed by atoms with Crippen LogP contribution in [0.25, 0.3) is 10.9 Å². The SMILES string of the molecule is Cc1nc(Cn2ccc3cc(OC(C)C)ccc32)oc1C. The number of aromatic nitrogens is 2. The summed E-state index contributed by atoms with van der Waals surface area (Å²) in [6.45, 7) is 8.61. The lowest BCUT2D eigenvalue weighted by Crippen LogP contribution is -2.05. The van der Waals surface area contributed by atoms with Crippen molar-refractivity contribution in [2.45, 2.75) is 40.3 Å². The van der Waals surface area contributed by atoms with Crippen LogP contribution >= 0.6 is 0 Å². The molecule has 4 nitrogen and oxygen atoms in total. The molecule has 0 amide bonds. The number of benzene rings is 1. The normalized spacial score (nSPS) is 11.5. The molecule has 0 bridgehead atoms. The summed E-state index contributed by atoms with van der Waals surface area (Å²) in [7, 11) is 0. The second kappa shape index (κ2) is 5.28. The number of hydrogen-bond acceptors (Lipinski definition) is 3. The Bertz CT molecular complexity index is 749. The molecule has 3 aromatic rings. The van der Waals surface area contributed by atoms with Gasteiger partial charge < -0.3 is 13.7 Å². The summed E-state index contributed by atoms with van der Waals surface area (Å²) in [4.78, 5) is 4.44. The first-order chi connectivity index (χ1) is 10.0. The van der Waals surface area contributed by atoms with Gasteiger partial charge in [-0.3, -0.25) is 0 Å². The van der Waals surface area contributed by atoms with E-state index in [-0.39, 0.29) is 6.10 Å². The van der Waals surface area contributed by atoms with Crippen molar-refractivity contribution in [2.75, 3.05) is 0 Å². The number of rotatable bonds is 4. The summed E-state index contributed by atoms with van der Waals surface area (Å²) < 4.78 is 13.5. The molecule has 21 heavy (non-hydrogen) atoms. The molecular formula is C17H20N2O2. The molecular weight excluding hydrogens is 264 g/mol. The Kier molecular flexibility index (Phi) is 3.45. The highest BCUT2D eigenvalue weighted by molar-refractivity contribution is 5.81. The first kappa shape index (κ1) is 13.7. The molecule has 0 unspecified atom stereocenters. The lowest BCUT2D eigenvalue weighted by atomic mass is 10.2. The predicted octanol–water partition coefficient (Wildman–Crippen LogP) is 4.08. The molecule has 4 heteroatoms. The van der Waals surface area contributed by atoms with Gasteiger partial charge in [0.05, 0.1) is 18.3 Å². The lowest BCUT2D eigenvalue weighted by molar-refractivity contribution is 0.243. The highest BCUT2D eigenvalue weighted by Gasteiger charge is 2.09. The number of fused-ring (bicyclic) bond motifs is 1. The Morgan fingerprint density at radius 2 is 2.05 bits per heavy atom. The molecule has 0 N–H and O–H groups in total. The summed E-state index contributed by atoms with van der Waals surface area (Å²) in [6, 6.07) is 8.24. The summed E-state index contributed by atoms with van der Waals surface area (Å²) in [5.41, 5.74) is 2.11. The van der Waals surface area contributed by atoms with Gasteiger partial charge in [0.15, 0.2) is 0 Å². The van der Waals surface area contributed by atoms with E-state index in [1.165, 1.54) is 0 Å². The van der Waals surface area contributed by atoms with Gasteiger partial charge in [-0.05, 0) is 52.0 Å². The number of hydrogen-bond donors (Lipinski definition) is 0. The third-order valence-electron chi connectivity index (χ3n) is 3.49. The van der Waals surface area contributed by atoms with Gasteiger partial charge in [-0.1, -0.05) is 0 Å². The molecule has 3 rings (SSSR count). The van der Waals surface area contributed by atoms with E-state index in [0.717, 1.165) is 34.0 Å². The minimum atomic E-state index is 0.183. The molecule has 0 radical (unpaired) electrons. The summed E-state index contributed by atoms with van der Waals surface area (Å²) in [5, 5.41) is 1.16.